The molecule has 4 heterocycles. The minimum Gasteiger partial charge on any atom is -0.497 e. The van der Waals surface area contributed by atoms with Gasteiger partial charge < -0.3 is 24.2 Å². The number of aryl methyl sites for hydroxylation is 1. The van der Waals surface area contributed by atoms with Crippen LogP contribution in [0.2, 0.25) is 18.6 Å². The molecule has 2 aliphatic heterocycles. The Bertz CT molecular complexity index is 2400. The van der Waals surface area contributed by atoms with Crippen molar-refractivity contribution in [1.82, 2.24) is 24.8 Å². The van der Waals surface area contributed by atoms with Gasteiger partial charge >= 0.3 is 0 Å². The van der Waals surface area contributed by atoms with Gasteiger partial charge in [0.2, 0.25) is 0 Å². The van der Waals surface area contributed by atoms with Crippen molar-refractivity contribution in [3.8, 4) is 17.2 Å². The maximum absolute atomic E-state index is 15.3. The van der Waals surface area contributed by atoms with Crippen molar-refractivity contribution in [3.05, 3.63) is 124 Å². The number of ether oxygens (including phenoxy) is 3. The van der Waals surface area contributed by atoms with E-state index in [0.29, 0.717) is 42.8 Å². The molecule has 4 atom stereocenters. The number of carbonyl (C=O) groups excluding carboxylic acids is 1. The van der Waals surface area contributed by atoms with E-state index >= 15 is 4.79 Å². The summed E-state index contributed by atoms with van der Waals surface area (Å²) < 4.78 is 21.9. The number of amides is 1. The Morgan fingerprint density at radius 3 is 2.38 bits per heavy atom. The van der Waals surface area contributed by atoms with Crippen molar-refractivity contribution in [1.29, 1.82) is 0 Å². The number of aromatic nitrogens is 5. The Morgan fingerprint density at radius 2 is 1.67 bits per heavy atom. The number of carbonyl (C=O) groups is 1. The smallest absolute Gasteiger partial charge is 0.279 e. The summed E-state index contributed by atoms with van der Waals surface area (Å²) in [7, 11) is 0.941. The van der Waals surface area contributed by atoms with Crippen LogP contribution in [0.4, 0.5) is 5.69 Å². The molecule has 4 aromatic carbocycles. The van der Waals surface area contributed by atoms with E-state index in [9.17, 15) is 9.90 Å². The Hall–Kier alpha value is -5.50. The molecule has 6 aromatic rings. The Kier molecular flexibility index (Phi) is 9.48. The molecule has 13 heteroatoms. The maximum atomic E-state index is 15.3. The summed E-state index contributed by atoms with van der Waals surface area (Å²) in [6, 6.07) is 29.3. The fourth-order valence-electron chi connectivity index (χ4n) is 8.96. The van der Waals surface area contributed by atoms with Gasteiger partial charge in [-0.1, -0.05) is 66.8 Å². The van der Waals surface area contributed by atoms with Gasteiger partial charge in [0.15, 0.2) is 5.60 Å². The molecule has 2 N–H and O–H groups in total. The number of methoxy groups -OCH3 is 2. The summed E-state index contributed by atoms with van der Waals surface area (Å²) in [5.74, 6) is 1.16. The standard InChI is InChI=1S/C42H46N6O6Si/c1-27-39(55(4,5)33-17-14-31(52-2)15-18-33)38(20-22-46-26-29(21-23-49)43-45-46)54-42(27)35-24-32(53-3)16-19-37(35)47(41(42)51)25-28-10-12-30(13-11-28)48-40(50)34-8-6-7-9-36(34)44-48/h6-19,24,26-27,38-39,44,49H,20-23,25H2,1-5H3/t27-,38+,39-,42+/m0/s1. The van der Waals surface area contributed by atoms with Crippen LogP contribution in [0, 0.1) is 5.92 Å². The molecule has 0 unspecified atom stereocenters. The number of anilines is 1. The van der Waals surface area contributed by atoms with Crippen LogP contribution >= 0.6 is 0 Å². The highest BCUT2D eigenvalue weighted by atomic mass is 28.3. The minimum atomic E-state index is -2.36. The number of aliphatic hydroxyl groups is 1. The lowest BCUT2D eigenvalue weighted by atomic mass is 9.82. The summed E-state index contributed by atoms with van der Waals surface area (Å²) in [6.07, 6.45) is 2.65. The summed E-state index contributed by atoms with van der Waals surface area (Å²) in [5.41, 5.74) is 3.39. The molecule has 284 valence electrons. The third-order valence-electron chi connectivity index (χ3n) is 11.8. The lowest BCUT2D eigenvalue weighted by Gasteiger charge is -2.37. The van der Waals surface area contributed by atoms with Crippen molar-refractivity contribution < 1.29 is 24.1 Å². The fourth-order valence-corrected chi connectivity index (χ4v) is 13.0. The van der Waals surface area contributed by atoms with Crippen molar-refractivity contribution >= 4 is 35.8 Å². The van der Waals surface area contributed by atoms with Crippen LogP contribution in [-0.2, 0) is 34.6 Å². The van der Waals surface area contributed by atoms with Crippen LogP contribution in [0.1, 0.15) is 30.2 Å². The number of hydrogen-bond acceptors (Lipinski definition) is 8. The average molecular weight is 759 g/mol. The predicted molar refractivity (Wildman–Crippen MR) is 213 cm³/mol. The Balaban J connectivity index is 1.16. The van der Waals surface area contributed by atoms with Crippen LogP contribution in [0.25, 0.3) is 16.6 Å². The zero-order chi connectivity index (χ0) is 38.5. The zero-order valence-corrected chi connectivity index (χ0v) is 32.7. The number of nitrogens with zero attached hydrogens (tertiary/aromatic N) is 5. The Labute approximate surface area is 320 Å². The molecule has 8 rings (SSSR count). The van der Waals surface area contributed by atoms with Gasteiger partial charge in [0.25, 0.3) is 11.5 Å². The molecule has 0 radical (unpaired) electrons. The van der Waals surface area contributed by atoms with Crippen LogP contribution in [-0.4, -0.2) is 70.8 Å². The number of hydrogen-bond donors (Lipinski definition) is 2. The molecule has 12 nitrogen and oxygen atoms in total. The van der Waals surface area contributed by atoms with Crippen molar-refractivity contribution in [3.63, 3.8) is 0 Å². The van der Waals surface area contributed by atoms with Gasteiger partial charge in [-0.2, -0.15) is 0 Å². The molecule has 55 heavy (non-hydrogen) atoms. The number of para-hydroxylation sites is 1. The highest BCUT2D eigenvalue weighted by Crippen LogP contribution is 2.60. The number of aromatic amines is 1. The molecule has 1 saturated heterocycles. The number of nitrogens with one attached hydrogen (secondary N) is 1. The molecule has 2 aliphatic rings. The number of benzene rings is 4. The van der Waals surface area contributed by atoms with E-state index in [-0.39, 0.29) is 35.6 Å². The van der Waals surface area contributed by atoms with Gasteiger partial charge in [-0.3, -0.25) is 19.4 Å². The van der Waals surface area contributed by atoms with Crippen molar-refractivity contribution in [2.75, 3.05) is 25.7 Å². The molecule has 1 fully saturated rings. The third kappa shape index (κ3) is 6.16. The number of fused-ring (bicyclic) bond motifs is 3. The van der Waals surface area contributed by atoms with Gasteiger partial charge in [-0.25, -0.2) is 4.68 Å². The summed E-state index contributed by atoms with van der Waals surface area (Å²) in [5, 5.41) is 23.1. The lowest BCUT2D eigenvalue weighted by molar-refractivity contribution is -0.146. The normalized spacial score (nSPS) is 20.8. The third-order valence-corrected chi connectivity index (χ3v) is 16.1. The topological polar surface area (TPSA) is 137 Å². The molecule has 0 aliphatic carbocycles. The van der Waals surface area contributed by atoms with Crippen LogP contribution < -0.4 is 25.1 Å². The average Bonchev–Trinajstić information content (AvgIpc) is 3.94. The second-order valence-electron chi connectivity index (χ2n) is 15.1. The second-order valence-corrected chi connectivity index (χ2v) is 19.8. The van der Waals surface area contributed by atoms with Crippen molar-refractivity contribution in [2.24, 2.45) is 5.92 Å². The molecular weight excluding hydrogens is 713 g/mol. The van der Waals surface area contributed by atoms with E-state index < -0.39 is 13.7 Å². The summed E-state index contributed by atoms with van der Waals surface area (Å²) in [6.45, 7) is 7.77. The van der Waals surface area contributed by atoms with Gasteiger partial charge in [-0.05, 0) is 72.1 Å². The SMILES string of the molecule is COc1ccc([Si](C)(C)[C@@H]2[C@@H](CCn3cc(CCO)nn3)O[C@]3(C(=O)N(Cc4ccc(-n5[nH]c6ccccc6c5=O)cc4)c4ccc(OC)cc43)[C@H]2C)cc1. The quantitative estimate of drug-likeness (QED) is 0.160. The number of rotatable bonds is 12. The highest BCUT2D eigenvalue weighted by Gasteiger charge is 2.66. The first-order valence-corrected chi connectivity index (χ1v) is 21.8. The first-order chi connectivity index (χ1) is 26.6. The highest BCUT2D eigenvalue weighted by molar-refractivity contribution is 6.91. The van der Waals surface area contributed by atoms with Crippen molar-refractivity contribution in [2.45, 2.75) is 63.2 Å². The van der Waals surface area contributed by atoms with Crippen LogP contribution in [0.15, 0.2) is 102 Å². The minimum absolute atomic E-state index is 0.00390. The van der Waals surface area contributed by atoms with E-state index in [4.69, 9.17) is 14.2 Å². The van der Waals surface area contributed by atoms with Gasteiger partial charge in [-0.15, -0.1) is 5.10 Å². The van der Waals surface area contributed by atoms with Gasteiger partial charge in [0.1, 0.15) is 11.5 Å². The van der Waals surface area contributed by atoms with Crippen LogP contribution in [0.5, 0.6) is 11.5 Å². The second kappa shape index (κ2) is 14.3. The first kappa shape index (κ1) is 36.5. The molecular formula is C42H46N6O6Si. The van der Waals surface area contributed by atoms with Gasteiger partial charge in [0, 0.05) is 37.3 Å². The maximum Gasteiger partial charge on any atom is 0.279 e. The number of aliphatic hydroxyl groups excluding tert-OH is 1. The van der Waals surface area contributed by atoms with E-state index in [1.54, 1.807) is 23.6 Å². The molecule has 0 bridgehead atoms. The predicted octanol–water partition coefficient (Wildman–Crippen LogP) is 5.32. The first-order valence-electron chi connectivity index (χ1n) is 18.7. The fraction of sp³-hybridized carbons (Fsp3) is 0.333. The molecule has 1 amide bonds. The van der Waals surface area contributed by atoms with Crippen LogP contribution in [0.3, 0.4) is 0 Å². The zero-order valence-electron chi connectivity index (χ0n) is 31.7. The lowest BCUT2D eigenvalue weighted by Crippen LogP contribution is -2.51. The van der Waals surface area contributed by atoms with E-state index in [1.165, 1.54) is 5.19 Å². The van der Waals surface area contributed by atoms with E-state index in [0.717, 1.165) is 33.8 Å². The Morgan fingerprint density at radius 1 is 0.945 bits per heavy atom. The monoisotopic (exact) mass is 758 g/mol. The summed E-state index contributed by atoms with van der Waals surface area (Å²) >= 11 is 0. The van der Waals surface area contributed by atoms with Gasteiger partial charge in [0.05, 0.1) is 62.9 Å². The largest absolute Gasteiger partial charge is 0.497 e. The van der Waals surface area contributed by atoms with E-state index in [1.807, 2.05) is 90.0 Å². The molecule has 0 saturated carbocycles. The van der Waals surface area contributed by atoms with E-state index in [2.05, 4.69) is 47.6 Å². The molecule has 1 spiro atoms. The summed E-state index contributed by atoms with van der Waals surface area (Å²) in [4.78, 5) is 30.3. The number of H-pyrrole nitrogens is 1. The molecule has 2 aromatic heterocycles.